The van der Waals surface area contributed by atoms with Crippen molar-refractivity contribution in [2.75, 3.05) is 5.75 Å². The molecule has 21 heavy (non-hydrogen) atoms. The number of amidine groups is 1. The largest absolute Gasteiger partial charge is 0.361 e. The lowest BCUT2D eigenvalue weighted by molar-refractivity contribution is 0.686. The SMILES string of the molecule is Clc1ccccc1CN=C1NC(Cc2ccccc2)CS1. The fraction of sp³-hybridized carbons (Fsp3) is 0.235. The molecule has 4 heteroatoms. The first-order valence-electron chi connectivity index (χ1n) is 7.02. The number of nitrogens with one attached hydrogen (secondary N) is 1. The van der Waals surface area contributed by atoms with Crippen LogP contribution in [-0.2, 0) is 13.0 Å². The van der Waals surface area contributed by atoms with Crippen LogP contribution in [0.3, 0.4) is 0 Å². The highest BCUT2D eigenvalue weighted by Gasteiger charge is 2.20. The minimum absolute atomic E-state index is 0.461. The van der Waals surface area contributed by atoms with Crippen molar-refractivity contribution in [2.45, 2.75) is 19.0 Å². The maximum Gasteiger partial charge on any atom is 0.157 e. The molecule has 108 valence electrons. The van der Waals surface area contributed by atoms with Crippen LogP contribution in [-0.4, -0.2) is 17.0 Å². The van der Waals surface area contributed by atoms with E-state index in [-0.39, 0.29) is 0 Å². The van der Waals surface area contributed by atoms with Crippen LogP contribution in [0.15, 0.2) is 59.6 Å². The average molecular weight is 317 g/mol. The van der Waals surface area contributed by atoms with Gasteiger partial charge in [0.15, 0.2) is 5.17 Å². The van der Waals surface area contributed by atoms with E-state index in [9.17, 15) is 0 Å². The molecular weight excluding hydrogens is 300 g/mol. The van der Waals surface area contributed by atoms with Crippen molar-refractivity contribution < 1.29 is 0 Å². The van der Waals surface area contributed by atoms with Crippen LogP contribution < -0.4 is 5.32 Å². The van der Waals surface area contributed by atoms with Crippen LogP contribution in [0.25, 0.3) is 0 Å². The van der Waals surface area contributed by atoms with Crippen LogP contribution in [0.4, 0.5) is 0 Å². The van der Waals surface area contributed by atoms with Gasteiger partial charge < -0.3 is 5.32 Å². The normalized spacial score (nSPS) is 19.7. The molecule has 0 radical (unpaired) electrons. The Morgan fingerprint density at radius 3 is 2.67 bits per heavy atom. The van der Waals surface area contributed by atoms with Gasteiger partial charge in [-0.15, -0.1) is 0 Å². The Balaban J connectivity index is 1.57. The number of thioether (sulfide) groups is 1. The molecule has 2 nitrogen and oxygen atoms in total. The minimum Gasteiger partial charge on any atom is -0.361 e. The van der Waals surface area contributed by atoms with Gasteiger partial charge in [-0.3, -0.25) is 4.99 Å². The summed E-state index contributed by atoms with van der Waals surface area (Å²) in [7, 11) is 0. The highest BCUT2D eigenvalue weighted by Crippen LogP contribution is 2.20. The van der Waals surface area contributed by atoms with Crippen molar-refractivity contribution in [3.8, 4) is 0 Å². The van der Waals surface area contributed by atoms with Gasteiger partial charge in [0.25, 0.3) is 0 Å². The molecule has 2 aromatic carbocycles. The zero-order valence-corrected chi connectivity index (χ0v) is 13.2. The van der Waals surface area contributed by atoms with E-state index in [0.29, 0.717) is 12.6 Å². The zero-order chi connectivity index (χ0) is 14.5. The highest BCUT2D eigenvalue weighted by atomic mass is 35.5. The lowest BCUT2D eigenvalue weighted by Crippen LogP contribution is -2.29. The molecule has 0 aromatic heterocycles. The fourth-order valence-electron chi connectivity index (χ4n) is 2.32. The number of rotatable bonds is 4. The van der Waals surface area contributed by atoms with Crippen molar-refractivity contribution >= 4 is 28.5 Å². The average Bonchev–Trinajstić information content (AvgIpc) is 2.95. The van der Waals surface area contributed by atoms with Gasteiger partial charge in [0, 0.05) is 16.8 Å². The summed E-state index contributed by atoms with van der Waals surface area (Å²) in [5, 5.41) is 5.31. The molecule has 1 heterocycles. The molecule has 2 aromatic rings. The van der Waals surface area contributed by atoms with Gasteiger partial charge in [-0.1, -0.05) is 71.9 Å². The van der Waals surface area contributed by atoms with Crippen molar-refractivity contribution in [1.29, 1.82) is 0 Å². The number of benzene rings is 2. The zero-order valence-electron chi connectivity index (χ0n) is 11.6. The van der Waals surface area contributed by atoms with Crippen molar-refractivity contribution in [1.82, 2.24) is 5.32 Å². The number of halogens is 1. The van der Waals surface area contributed by atoms with E-state index in [0.717, 1.165) is 27.9 Å². The van der Waals surface area contributed by atoms with Crippen LogP contribution in [0.1, 0.15) is 11.1 Å². The summed E-state index contributed by atoms with van der Waals surface area (Å²) in [6.07, 6.45) is 1.04. The molecule has 1 aliphatic rings. The summed E-state index contributed by atoms with van der Waals surface area (Å²) in [6, 6.07) is 18.9. The number of hydrogen-bond acceptors (Lipinski definition) is 2. The molecule has 1 atom stereocenters. The Kier molecular flexibility index (Phi) is 4.84. The van der Waals surface area contributed by atoms with Crippen molar-refractivity contribution in [3.05, 3.63) is 70.7 Å². The summed E-state index contributed by atoms with van der Waals surface area (Å²) < 4.78 is 0. The molecule has 0 aliphatic carbocycles. The summed E-state index contributed by atoms with van der Waals surface area (Å²) in [4.78, 5) is 4.63. The first kappa shape index (κ1) is 14.5. The van der Waals surface area contributed by atoms with Gasteiger partial charge in [-0.05, 0) is 23.6 Å². The summed E-state index contributed by atoms with van der Waals surface area (Å²) in [5.41, 5.74) is 2.43. The lowest BCUT2D eigenvalue weighted by Gasteiger charge is -2.09. The molecular formula is C17H17ClN2S. The number of aliphatic imine (C=N–C) groups is 1. The Labute approximate surface area is 134 Å². The molecule has 0 amide bonds. The predicted molar refractivity (Wildman–Crippen MR) is 92.1 cm³/mol. The molecule has 1 aliphatic heterocycles. The van der Waals surface area contributed by atoms with Gasteiger partial charge in [-0.2, -0.15) is 0 Å². The van der Waals surface area contributed by atoms with Crippen LogP contribution in [0, 0.1) is 0 Å². The van der Waals surface area contributed by atoms with E-state index in [4.69, 9.17) is 11.6 Å². The second-order valence-electron chi connectivity index (χ2n) is 5.05. The number of nitrogens with zero attached hydrogens (tertiary/aromatic N) is 1. The third kappa shape index (κ3) is 4.02. The van der Waals surface area contributed by atoms with Crippen molar-refractivity contribution in [3.63, 3.8) is 0 Å². The van der Waals surface area contributed by atoms with Gasteiger partial charge in [0.1, 0.15) is 0 Å². The summed E-state index contributed by atoms with van der Waals surface area (Å²) in [6.45, 7) is 0.632. The molecule has 1 unspecified atom stereocenters. The van der Waals surface area contributed by atoms with Gasteiger partial charge in [0.2, 0.25) is 0 Å². The van der Waals surface area contributed by atoms with E-state index < -0.39 is 0 Å². The smallest absolute Gasteiger partial charge is 0.157 e. The molecule has 1 N–H and O–H groups in total. The third-order valence-corrected chi connectivity index (χ3v) is 4.88. The van der Waals surface area contributed by atoms with Gasteiger partial charge in [0.05, 0.1) is 6.54 Å². The molecule has 0 saturated carbocycles. The van der Waals surface area contributed by atoms with Crippen molar-refractivity contribution in [2.24, 2.45) is 4.99 Å². The Bertz CT molecular complexity index is 628. The van der Waals surface area contributed by atoms with E-state index in [2.05, 4.69) is 40.6 Å². The third-order valence-electron chi connectivity index (χ3n) is 3.42. The quantitative estimate of drug-likeness (QED) is 0.916. The standard InChI is InChI=1S/C17H17ClN2S/c18-16-9-5-4-8-14(16)11-19-17-20-15(12-21-17)10-13-6-2-1-3-7-13/h1-9,15H,10-12H2,(H,19,20). The molecule has 1 fully saturated rings. The lowest BCUT2D eigenvalue weighted by atomic mass is 10.1. The van der Waals surface area contributed by atoms with Crippen LogP contribution in [0.5, 0.6) is 0 Å². The van der Waals surface area contributed by atoms with Gasteiger partial charge in [-0.25, -0.2) is 0 Å². The first-order valence-corrected chi connectivity index (χ1v) is 8.39. The summed E-state index contributed by atoms with van der Waals surface area (Å²) >= 11 is 7.94. The predicted octanol–water partition coefficient (Wildman–Crippen LogP) is 4.14. The van der Waals surface area contributed by atoms with E-state index in [1.54, 1.807) is 11.8 Å². The maximum absolute atomic E-state index is 6.15. The highest BCUT2D eigenvalue weighted by molar-refractivity contribution is 8.14. The molecule has 0 bridgehead atoms. The van der Waals surface area contributed by atoms with Crippen LogP contribution >= 0.6 is 23.4 Å². The number of hydrogen-bond donors (Lipinski definition) is 1. The second-order valence-corrected chi connectivity index (χ2v) is 6.47. The van der Waals surface area contributed by atoms with E-state index in [1.165, 1.54) is 5.56 Å². The molecule has 0 spiro atoms. The maximum atomic E-state index is 6.15. The topological polar surface area (TPSA) is 24.4 Å². The van der Waals surface area contributed by atoms with Crippen LogP contribution in [0.2, 0.25) is 5.02 Å². The Morgan fingerprint density at radius 1 is 1.10 bits per heavy atom. The Hall–Kier alpha value is -1.45. The second kappa shape index (κ2) is 7.01. The molecule has 3 rings (SSSR count). The monoisotopic (exact) mass is 316 g/mol. The molecule has 1 saturated heterocycles. The first-order chi connectivity index (χ1) is 10.3. The summed E-state index contributed by atoms with van der Waals surface area (Å²) in [5.74, 6) is 1.07. The van der Waals surface area contributed by atoms with E-state index in [1.807, 2.05) is 24.3 Å². The Morgan fingerprint density at radius 2 is 1.86 bits per heavy atom. The minimum atomic E-state index is 0.461. The van der Waals surface area contributed by atoms with E-state index >= 15 is 0 Å². The fourth-order valence-corrected chi connectivity index (χ4v) is 3.48. The van der Waals surface area contributed by atoms with Gasteiger partial charge >= 0.3 is 0 Å².